The maximum Gasteiger partial charge on any atom is 0.282 e. The van der Waals surface area contributed by atoms with Gasteiger partial charge in [0.25, 0.3) is 11.8 Å². The number of ether oxygens (including phenoxy) is 2. The van der Waals surface area contributed by atoms with Crippen LogP contribution in [0.1, 0.15) is 11.1 Å². The van der Waals surface area contributed by atoms with E-state index in [0.29, 0.717) is 65.2 Å². The largest absolute Gasteiger partial charge is 0.496 e. The van der Waals surface area contributed by atoms with Crippen molar-refractivity contribution < 1.29 is 19.1 Å². The Hall–Kier alpha value is -2.83. The second-order valence-corrected chi connectivity index (χ2v) is 7.26. The minimum Gasteiger partial charge on any atom is -0.496 e. The molecule has 0 N–H and O–H groups in total. The number of carbonyl (C=O) groups excluding carboxylic acids is 2. The van der Waals surface area contributed by atoms with Gasteiger partial charge in [0.05, 0.1) is 31.6 Å². The first-order valence-electron chi connectivity index (χ1n) is 9.39. The summed E-state index contributed by atoms with van der Waals surface area (Å²) in [7, 11) is 1.55. The maximum atomic E-state index is 13.6. The van der Waals surface area contributed by atoms with Gasteiger partial charge in [-0.15, -0.1) is 0 Å². The van der Waals surface area contributed by atoms with E-state index in [2.05, 4.69) is 0 Å². The van der Waals surface area contributed by atoms with Crippen LogP contribution in [0.5, 0.6) is 5.75 Å². The number of halogens is 1. The predicted octanol–water partition coefficient (Wildman–Crippen LogP) is 3.27. The lowest BCUT2D eigenvalue weighted by Crippen LogP contribution is -2.40. The number of benzene rings is 2. The van der Waals surface area contributed by atoms with Crippen molar-refractivity contribution in [3.8, 4) is 5.75 Å². The Bertz CT molecular complexity index is 1010. The van der Waals surface area contributed by atoms with E-state index in [1.165, 1.54) is 4.90 Å². The fourth-order valence-electron chi connectivity index (χ4n) is 3.75. The van der Waals surface area contributed by atoms with Crippen LogP contribution in [-0.4, -0.2) is 50.1 Å². The molecule has 150 valence electrons. The molecule has 0 radical (unpaired) electrons. The zero-order valence-electron chi connectivity index (χ0n) is 16.3. The third-order valence-electron chi connectivity index (χ3n) is 5.24. The highest BCUT2D eigenvalue weighted by molar-refractivity contribution is 6.46. The number of morpholine rings is 1. The maximum absolute atomic E-state index is 13.6. The first-order chi connectivity index (χ1) is 14.0. The van der Waals surface area contributed by atoms with Crippen LogP contribution in [0.15, 0.2) is 48.2 Å². The predicted molar refractivity (Wildman–Crippen MR) is 111 cm³/mol. The smallest absolute Gasteiger partial charge is 0.282 e. The zero-order valence-corrected chi connectivity index (χ0v) is 17.0. The van der Waals surface area contributed by atoms with E-state index >= 15 is 0 Å². The average Bonchev–Trinajstić information content (AvgIpc) is 3.00. The number of para-hydroxylation sites is 1. The van der Waals surface area contributed by atoms with E-state index in [0.717, 1.165) is 0 Å². The van der Waals surface area contributed by atoms with Crippen LogP contribution < -0.4 is 9.64 Å². The Balaban J connectivity index is 1.89. The van der Waals surface area contributed by atoms with Crippen LogP contribution in [0.3, 0.4) is 0 Å². The van der Waals surface area contributed by atoms with Crippen LogP contribution in [-0.2, 0) is 14.3 Å². The molecule has 2 amide bonds. The van der Waals surface area contributed by atoms with Crippen LogP contribution in [0.2, 0.25) is 5.02 Å². The Morgan fingerprint density at radius 2 is 1.72 bits per heavy atom. The summed E-state index contributed by atoms with van der Waals surface area (Å²) < 4.78 is 10.9. The molecule has 29 heavy (non-hydrogen) atoms. The number of anilines is 1. The second kappa shape index (κ2) is 7.89. The summed E-state index contributed by atoms with van der Waals surface area (Å²) in [4.78, 5) is 30.3. The molecule has 1 saturated heterocycles. The quantitative estimate of drug-likeness (QED) is 0.721. The highest BCUT2D eigenvalue weighted by Crippen LogP contribution is 2.40. The molecule has 0 bridgehead atoms. The van der Waals surface area contributed by atoms with E-state index in [1.54, 1.807) is 44.4 Å². The van der Waals surface area contributed by atoms with E-state index in [9.17, 15) is 9.59 Å². The summed E-state index contributed by atoms with van der Waals surface area (Å²) in [6.45, 7) is 3.87. The number of amides is 2. The Morgan fingerprint density at radius 3 is 2.45 bits per heavy atom. The van der Waals surface area contributed by atoms with E-state index in [4.69, 9.17) is 21.1 Å². The highest BCUT2D eigenvalue weighted by atomic mass is 35.5. The Labute approximate surface area is 174 Å². The summed E-state index contributed by atoms with van der Waals surface area (Å²) >= 11 is 6.26. The molecule has 0 atom stereocenters. The van der Waals surface area contributed by atoms with Crippen molar-refractivity contribution in [3.05, 3.63) is 64.3 Å². The van der Waals surface area contributed by atoms with Crippen molar-refractivity contribution in [3.63, 3.8) is 0 Å². The van der Waals surface area contributed by atoms with Crippen molar-refractivity contribution in [2.45, 2.75) is 6.92 Å². The molecule has 2 aliphatic rings. The lowest BCUT2D eigenvalue weighted by Gasteiger charge is -2.30. The summed E-state index contributed by atoms with van der Waals surface area (Å²) in [5.74, 6) is -0.200. The number of methoxy groups -OCH3 is 1. The van der Waals surface area contributed by atoms with Crippen LogP contribution >= 0.6 is 11.6 Å². The molecule has 7 heteroatoms. The molecule has 0 aromatic heterocycles. The lowest BCUT2D eigenvalue weighted by molar-refractivity contribution is -0.121. The number of nitrogens with zero attached hydrogens (tertiary/aromatic N) is 2. The van der Waals surface area contributed by atoms with Gasteiger partial charge in [0.2, 0.25) is 0 Å². The molecule has 0 aliphatic carbocycles. The molecule has 4 rings (SSSR count). The summed E-state index contributed by atoms with van der Waals surface area (Å²) in [5.41, 5.74) is 2.48. The van der Waals surface area contributed by atoms with Crippen molar-refractivity contribution in [2.24, 2.45) is 0 Å². The van der Waals surface area contributed by atoms with Gasteiger partial charge in [-0.3, -0.25) is 9.59 Å². The zero-order chi connectivity index (χ0) is 20.5. The van der Waals surface area contributed by atoms with Gasteiger partial charge < -0.3 is 14.4 Å². The average molecular weight is 413 g/mol. The van der Waals surface area contributed by atoms with Gasteiger partial charge in [0.15, 0.2) is 0 Å². The molecule has 6 nitrogen and oxygen atoms in total. The molecular weight excluding hydrogens is 392 g/mol. The molecule has 1 fully saturated rings. The van der Waals surface area contributed by atoms with Gasteiger partial charge in [-0.1, -0.05) is 35.9 Å². The minimum absolute atomic E-state index is 0.341. The number of hydrogen-bond acceptors (Lipinski definition) is 5. The molecule has 2 aliphatic heterocycles. The van der Waals surface area contributed by atoms with Crippen LogP contribution in [0.25, 0.3) is 5.57 Å². The minimum atomic E-state index is -0.383. The number of imide groups is 1. The van der Waals surface area contributed by atoms with Crippen molar-refractivity contribution in [1.29, 1.82) is 0 Å². The van der Waals surface area contributed by atoms with Crippen LogP contribution in [0, 0.1) is 6.92 Å². The first kappa shape index (κ1) is 19.5. The van der Waals surface area contributed by atoms with Crippen LogP contribution in [0.4, 0.5) is 5.69 Å². The molecule has 0 spiro atoms. The van der Waals surface area contributed by atoms with E-state index in [1.807, 2.05) is 17.0 Å². The monoisotopic (exact) mass is 412 g/mol. The van der Waals surface area contributed by atoms with Crippen molar-refractivity contribution >= 4 is 34.7 Å². The molecule has 2 aromatic carbocycles. The molecule has 0 saturated carbocycles. The summed E-state index contributed by atoms with van der Waals surface area (Å²) in [5, 5.41) is 0.502. The van der Waals surface area contributed by atoms with E-state index in [-0.39, 0.29) is 11.8 Å². The summed E-state index contributed by atoms with van der Waals surface area (Å²) in [6.07, 6.45) is 0. The first-order valence-corrected chi connectivity index (χ1v) is 9.76. The lowest BCUT2D eigenvalue weighted by atomic mass is 10.0. The number of carbonyl (C=O) groups is 2. The van der Waals surface area contributed by atoms with E-state index < -0.39 is 0 Å². The van der Waals surface area contributed by atoms with Crippen molar-refractivity contribution in [2.75, 3.05) is 38.3 Å². The van der Waals surface area contributed by atoms with Gasteiger partial charge in [0.1, 0.15) is 11.4 Å². The molecule has 2 heterocycles. The van der Waals surface area contributed by atoms with Gasteiger partial charge >= 0.3 is 0 Å². The second-order valence-electron chi connectivity index (χ2n) is 6.85. The third-order valence-corrected chi connectivity index (χ3v) is 5.65. The topological polar surface area (TPSA) is 59.1 Å². The normalized spacial score (nSPS) is 17.3. The van der Waals surface area contributed by atoms with Crippen molar-refractivity contribution in [1.82, 2.24) is 4.90 Å². The molecular formula is C22H21ClN2O4. The fraction of sp³-hybridized carbons (Fsp3) is 0.273. The summed E-state index contributed by atoms with van der Waals surface area (Å²) in [6, 6.07) is 12.4. The fourth-order valence-corrected chi connectivity index (χ4v) is 3.92. The standard InChI is InChI=1S/C22H21ClN2O4/c1-14-16(23)7-5-8-17(14)25-21(26)19(15-6-3-4-9-18(15)28-2)20(22(25)27)24-10-12-29-13-11-24/h3-9H,10-13H2,1-2H3. The Morgan fingerprint density at radius 1 is 1.00 bits per heavy atom. The van der Waals surface area contributed by atoms with Gasteiger partial charge in [-0.25, -0.2) is 4.90 Å². The number of hydrogen-bond donors (Lipinski definition) is 0. The van der Waals surface area contributed by atoms with Gasteiger partial charge in [0, 0.05) is 23.7 Å². The SMILES string of the molecule is COc1ccccc1C1=C(N2CCOCC2)C(=O)N(c2cccc(Cl)c2C)C1=O. The number of rotatable bonds is 4. The Kier molecular flexibility index (Phi) is 5.30. The highest BCUT2D eigenvalue weighted by Gasteiger charge is 2.44. The third kappa shape index (κ3) is 3.28. The van der Waals surface area contributed by atoms with Gasteiger partial charge in [-0.05, 0) is 30.7 Å². The molecule has 0 unspecified atom stereocenters. The van der Waals surface area contributed by atoms with Gasteiger partial charge in [-0.2, -0.15) is 0 Å². The molecule has 2 aromatic rings.